The number of carbonyl (C=O) groups excluding carboxylic acids is 1. The molecule has 0 N–H and O–H groups in total. The van der Waals surface area contributed by atoms with Gasteiger partial charge in [-0.1, -0.05) is 17.2 Å². The van der Waals surface area contributed by atoms with E-state index in [-0.39, 0.29) is 5.75 Å². The number of allylic oxidation sites excluding steroid dienone is 3. The van der Waals surface area contributed by atoms with E-state index in [9.17, 15) is 18.0 Å². The molecule has 0 saturated heterocycles. The molecule has 120 valence electrons. The summed E-state index contributed by atoms with van der Waals surface area (Å²) in [6.45, 7) is 5.81. The third kappa shape index (κ3) is 6.61. The Labute approximate surface area is 128 Å². The lowest BCUT2D eigenvalue weighted by Crippen LogP contribution is -2.07. The van der Waals surface area contributed by atoms with Crippen LogP contribution in [0.15, 0.2) is 47.6 Å². The van der Waals surface area contributed by atoms with E-state index < -0.39 is 17.7 Å². The van der Waals surface area contributed by atoms with E-state index in [1.807, 2.05) is 20.8 Å². The molecule has 0 aliphatic rings. The SMILES string of the molecule is CC(C)=CCC/C(C)=C/C(=O)Oc1ccc(C(F)(F)F)cc1. The summed E-state index contributed by atoms with van der Waals surface area (Å²) in [5, 5.41) is 0. The fourth-order valence-corrected chi connectivity index (χ4v) is 1.72. The minimum Gasteiger partial charge on any atom is -0.423 e. The fraction of sp³-hybridized carbons (Fsp3) is 0.353. The van der Waals surface area contributed by atoms with E-state index in [4.69, 9.17) is 4.74 Å². The molecule has 0 amide bonds. The molecular weight excluding hydrogens is 293 g/mol. The molecule has 22 heavy (non-hydrogen) atoms. The van der Waals surface area contributed by atoms with Gasteiger partial charge in [-0.25, -0.2) is 4.79 Å². The zero-order valence-corrected chi connectivity index (χ0v) is 12.8. The van der Waals surface area contributed by atoms with Crippen molar-refractivity contribution in [2.75, 3.05) is 0 Å². The van der Waals surface area contributed by atoms with E-state index in [0.717, 1.165) is 42.7 Å². The number of benzene rings is 1. The largest absolute Gasteiger partial charge is 0.423 e. The Morgan fingerprint density at radius 2 is 1.73 bits per heavy atom. The maximum Gasteiger partial charge on any atom is 0.416 e. The van der Waals surface area contributed by atoms with Crippen molar-refractivity contribution in [3.8, 4) is 5.75 Å². The zero-order chi connectivity index (χ0) is 16.8. The number of ether oxygens (including phenoxy) is 1. The second-order valence-corrected chi connectivity index (χ2v) is 5.25. The molecule has 0 heterocycles. The van der Waals surface area contributed by atoms with Gasteiger partial charge in [0, 0.05) is 6.08 Å². The number of hydrogen-bond acceptors (Lipinski definition) is 2. The van der Waals surface area contributed by atoms with Gasteiger partial charge in [0.15, 0.2) is 0 Å². The summed E-state index contributed by atoms with van der Waals surface area (Å²) in [7, 11) is 0. The number of carbonyl (C=O) groups is 1. The standard InChI is InChI=1S/C17H19F3O2/c1-12(2)5-4-6-13(3)11-16(21)22-15-9-7-14(8-10-15)17(18,19)20/h5,7-11H,4,6H2,1-3H3/b13-11+. The van der Waals surface area contributed by atoms with Crippen LogP contribution in [-0.4, -0.2) is 5.97 Å². The van der Waals surface area contributed by atoms with Crippen molar-refractivity contribution in [1.29, 1.82) is 0 Å². The Morgan fingerprint density at radius 3 is 2.23 bits per heavy atom. The van der Waals surface area contributed by atoms with Crippen molar-refractivity contribution in [3.63, 3.8) is 0 Å². The van der Waals surface area contributed by atoms with Crippen molar-refractivity contribution >= 4 is 5.97 Å². The van der Waals surface area contributed by atoms with Crippen LogP contribution >= 0.6 is 0 Å². The first-order valence-corrected chi connectivity index (χ1v) is 6.88. The van der Waals surface area contributed by atoms with Crippen molar-refractivity contribution in [1.82, 2.24) is 0 Å². The lowest BCUT2D eigenvalue weighted by Gasteiger charge is -2.07. The van der Waals surface area contributed by atoms with Gasteiger partial charge >= 0.3 is 12.1 Å². The number of hydrogen-bond donors (Lipinski definition) is 0. The number of esters is 1. The molecule has 0 saturated carbocycles. The summed E-state index contributed by atoms with van der Waals surface area (Å²) in [6, 6.07) is 4.03. The second-order valence-electron chi connectivity index (χ2n) is 5.25. The van der Waals surface area contributed by atoms with Crippen LogP contribution in [0.5, 0.6) is 5.75 Å². The Morgan fingerprint density at radius 1 is 1.14 bits per heavy atom. The van der Waals surface area contributed by atoms with Gasteiger partial charge < -0.3 is 4.74 Å². The van der Waals surface area contributed by atoms with Gasteiger partial charge in [-0.05, 0) is 57.9 Å². The quantitative estimate of drug-likeness (QED) is 0.319. The highest BCUT2D eigenvalue weighted by Gasteiger charge is 2.30. The third-order valence-electron chi connectivity index (χ3n) is 2.86. The summed E-state index contributed by atoms with van der Waals surface area (Å²) >= 11 is 0. The van der Waals surface area contributed by atoms with Crippen molar-refractivity contribution in [3.05, 3.63) is 53.1 Å². The molecule has 0 unspecified atom stereocenters. The monoisotopic (exact) mass is 312 g/mol. The molecule has 0 aromatic heterocycles. The lowest BCUT2D eigenvalue weighted by molar-refractivity contribution is -0.137. The molecule has 0 radical (unpaired) electrons. The topological polar surface area (TPSA) is 26.3 Å². The van der Waals surface area contributed by atoms with Crippen LogP contribution in [0.25, 0.3) is 0 Å². The highest BCUT2D eigenvalue weighted by atomic mass is 19.4. The van der Waals surface area contributed by atoms with Crippen LogP contribution in [0.2, 0.25) is 0 Å². The van der Waals surface area contributed by atoms with Gasteiger partial charge in [-0.2, -0.15) is 13.2 Å². The molecule has 0 fully saturated rings. The van der Waals surface area contributed by atoms with Crippen molar-refractivity contribution in [2.24, 2.45) is 0 Å². The predicted molar refractivity (Wildman–Crippen MR) is 79.5 cm³/mol. The summed E-state index contributed by atoms with van der Waals surface area (Å²) < 4.78 is 42.2. The van der Waals surface area contributed by atoms with Gasteiger partial charge in [0.2, 0.25) is 0 Å². The van der Waals surface area contributed by atoms with E-state index in [0.29, 0.717) is 0 Å². The maximum atomic E-state index is 12.4. The van der Waals surface area contributed by atoms with Gasteiger partial charge in [0.05, 0.1) is 5.56 Å². The zero-order valence-electron chi connectivity index (χ0n) is 12.8. The smallest absolute Gasteiger partial charge is 0.416 e. The second kappa shape index (κ2) is 7.82. The van der Waals surface area contributed by atoms with Crippen molar-refractivity contribution < 1.29 is 22.7 Å². The van der Waals surface area contributed by atoms with Crippen LogP contribution in [0.1, 0.15) is 39.2 Å². The first-order chi connectivity index (χ1) is 10.2. The van der Waals surface area contributed by atoms with Gasteiger partial charge in [-0.15, -0.1) is 0 Å². The van der Waals surface area contributed by atoms with Crippen LogP contribution in [0, 0.1) is 0 Å². The minimum absolute atomic E-state index is 0.0892. The molecule has 0 aliphatic heterocycles. The molecule has 0 aliphatic carbocycles. The van der Waals surface area contributed by atoms with Crippen LogP contribution in [0.4, 0.5) is 13.2 Å². The molecule has 1 aromatic rings. The first-order valence-electron chi connectivity index (χ1n) is 6.88. The van der Waals surface area contributed by atoms with Gasteiger partial charge in [0.25, 0.3) is 0 Å². The molecule has 0 bridgehead atoms. The Kier molecular flexibility index (Phi) is 6.40. The number of halogens is 3. The molecule has 5 heteroatoms. The highest BCUT2D eigenvalue weighted by molar-refractivity contribution is 5.84. The van der Waals surface area contributed by atoms with E-state index >= 15 is 0 Å². The molecule has 0 spiro atoms. The van der Waals surface area contributed by atoms with Gasteiger partial charge in [0.1, 0.15) is 5.75 Å². The van der Waals surface area contributed by atoms with Crippen LogP contribution < -0.4 is 4.74 Å². The average molecular weight is 312 g/mol. The maximum absolute atomic E-state index is 12.4. The molecule has 0 atom stereocenters. The lowest BCUT2D eigenvalue weighted by atomic mass is 10.1. The van der Waals surface area contributed by atoms with E-state index in [1.54, 1.807) is 0 Å². The van der Waals surface area contributed by atoms with Crippen LogP contribution in [0.3, 0.4) is 0 Å². The summed E-state index contributed by atoms with van der Waals surface area (Å²) in [6.07, 6.45) is 0.588. The van der Waals surface area contributed by atoms with Gasteiger partial charge in [-0.3, -0.25) is 0 Å². The molecule has 1 aromatic carbocycles. The molecule has 1 rings (SSSR count). The fourth-order valence-electron chi connectivity index (χ4n) is 1.72. The third-order valence-corrected chi connectivity index (χ3v) is 2.86. The normalized spacial score (nSPS) is 12.0. The molecule has 2 nitrogen and oxygen atoms in total. The van der Waals surface area contributed by atoms with E-state index in [2.05, 4.69) is 6.08 Å². The summed E-state index contributed by atoms with van der Waals surface area (Å²) in [5.74, 6) is -0.499. The minimum atomic E-state index is -4.40. The Bertz CT molecular complexity index is 563. The van der Waals surface area contributed by atoms with E-state index in [1.165, 1.54) is 11.6 Å². The highest BCUT2D eigenvalue weighted by Crippen LogP contribution is 2.30. The number of rotatable bonds is 5. The predicted octanol–water partition coefficient (Wildman–Crippen LogP) is 5.30. The number of alkyl halides is 3. The van der Waals surface area contributed by atoms with Crippen molar-refractivity contribution in [2.45, 2.75) is 39.8 Å². The summed E-state index contributed by atoms with van der Waals surface area (Å²) in [4.78, 5) is 11.7. The summed E-state index contributed by atoms with van der Waals surface area (Å²) in [5.41, 5.74) is 1.29. The Hall–Kier alpha value is -2.04. The molecular formula is C17H19F3O2. The van der Waals surface area contributed by atoms with Crippen LogP contribution in [-0.2, 0) is 11.0 Å². The first kappa shape index (κ1) is 18.0. The average Bonchev–Trinajstić information content (AvgIpc) is 2.37. The Balaban J connectivity index is 2.59.